The van der Waals surface area contributed by atoms with E-state index in [1.54, 1.807) is 7.11 Å². The van der Waals surface area contributed by atoms with Gasteiger partial charge in [-0.05, 0) is 24.8 Å². The Morgan fingerprint density at radius 3 is 2.89 bits per heavy atom. The van der Waals surface area contributed by atoms with E-state index in [-0.39, 0.29) is 0 Å². The first kappa shape index (κ1) is 13.5. The highest BCUT2D eigenvalue weighted by Crippen LogP contribution is 2.18. The molecule has 2 atom stereocenters. The fourth-order valence-electron chi connectivity index (χ4n) is 2.47. The Bertz CT molecular complexity index is 323. The summed E-state index contributed by atoms with van der Waals surface area (Å²) >= 11 is 0. The van der Waals surface area contributed by atoms with Crippen LogP contribution in [-0.2, 0) is 15.9 Å². The minimum absolute atomic E-state index is 0.349. The number of ether oxygens (including phenoxy) is 2. The summed E-state index contributed by atoms with van der Waals surface area (Å²) in [5, 5.41) is 3.56. The maximum atomic E-state index is 5.81. The monoisotopic (exact) mass is 249 g/mol. The lowest BCUT2D eigenvalue weighted by Crippen LogP contribution is -2.42. The third-order valence-electron chi connectivity index (χ3n) is 3.42. The SMILES string of the molecule is COCCN[C@@H](Cc1ccccc1)[C@H]1CCCO1. The molecule has 0 spiro atoms. The number of hydrogen-bond donors (Lipinski definition) is 1. The molecule has 1 saturated heterocycles. The second-order valence-corrected chi connectivity index (χ2v) is 4.79. The molecule has 0 radical (unpaired) electrons. The van der Waals surface area contributed by atoms with Crippen molar-refractivity contribution in [3.63, 3.8) is 0 Å². The molecular weight excluding hydrogens is 226 g/mol. The molecule has 0 saturated carbocycles. The predicted octanol–water partition coefficient (Wildman–Crippen LogP) is 2.01. The summed E-state index contributed by atoms with van der Waals surface area (Å²) in [5.74, 6) is 0. The van der Waals surface area contributed by atoms with E-state index in [0.717, 1.165) is 32.6 Å². The maximum absolute atomic E-state index is 5.81. The summed E-state index contributed by atoms with van der Waals surface area (Å²) in [7, 11) is 1.74. The number of rotatable bonds is 7. The standard InChI is InChI=1S/C15H23NO2/c1-17-11-9-16-14(15-8-5-10-18-15)12-13-6-3-2-4-7-13/h2-4,6-7,14-16H,5,8-12H2,1H3/t14-,15+/m0/s1. The third-order valence-corrected chi connectivity index (χ3v) is 3.42. The van der Waals surface area contributed by atoms with Gasteiger partial charge in [0, 0.05) is 26.3 Å². The fourth-order valence-corrected chi connectivity index (χ4v) is 2.47. The molecule has 2 rings (SSSR count). The van der Waals surface area contributed by atoms with E-state index < -0.39 is 0 Å². The summed E-state index contributed by atoms with van der Waals surface area (Å²) in [5.41, 5.74) is 1.36. The van der Waals surface area contributed by atoms with E-state index in [1.807, 2.05) is 0 Å². The second kappa shape index (κ2) is 7.52. The second-order valence-electron chi connectivity index (χ2n) is 4.79. The van der Waals surface area contributed by atoms with E-state index in [0.29, 0.717) is 12.1 Å². The number of hydrogen-bond acceptors (Lipinski definition) is 3. The molecule has 18 heavy (non-hydrogen) atoms. The van der Waals surface area contributed by atoms with E-state index >= 15 is 0 Å². The fraction of sp³-hybridized carbons (Fsp3) is 0.600. The van der Waals surface area contributed by atoms with Crippen molar-refractivity contribution in [3.8, 4) is 0 Å². The smallest absolute Gasteiger partial charge is 0.0732 e. The molecular formula is C15H23NO2. The van der Waals surface area contributed by atoms with Crippen LogP contribution >= 0.6 is 0 Å². The largest absolute Gasteiger partial charge is 0.383 e. The van der Waals surface area contributed by atoms with Gasteiger partial charge in [-0.2, -0.15) is 0 Å². The lowest BCUT2D eigenvalue weighted by molar-refractivity contribution is 0.0750. The van der Waals surface area contributed by atoms with Crippen LogP contribution in [0.15, 0.2) is 30.3 Å². The zero-order valence-corrected chi connectivity index (χ0v) is 11.1. The Morgan fingerprint density at radius 1 is 1.39 bits per heavy atom. The molecule has 0 amide bonds. The van der Waals surface area contributed by atoms with Crippen LogP contribution in [0.2, 0.25) is 0 Å². The Balaban J connectivity index is 1.90. The molecule has 100 valence electrons. The summed E-state index contributed by atoms with van der Waals surface area (Å²) in [6.45, 7) is 2.54. The van der Waals surface area contributed by atoms with Gasteiger partial charge in [0.05, 0.1) is 12.7 Å². The van der Waals surface area contributed by atoms with Gasteiger partial charge in [-0.3, -0.25) is 0 Å². The molecule has 1 aliphatic rings. The van der Waals surface area contributed by atoms with Crippen molar-refractivity contribution in [1.29, 1.82) is 0 Å². The molecule has 3 nitrogen and oxygen atoms in total. The minimum atomic E-state index is 0.349. The van der Waals surface area contributed by atoms with Crippen LogP contribution in [0.25, 0.3) is 0 Å². The first-order chi connectivity index (χ1) is 8.90. The zero-order chi connectivity index (χ0) is 12.6. The summed E-state index contributed by atoms with van der Waals surface area (Å²) < 4.78 is 10.9. The van der Waals surface area contributed by atoms with Crippen LogP contribution in [0.4, 0.5) is 0 Å². The highest BCUT2D eigenvalue weighted by atomic mass is 16.5. The molecule has 0 bridgehead atoms. The van der Waals surface area contributed by atoms with Crippen molar-refractivity contribution < 1.29 is 9.47 Å². The van der Waals surface area contributed by atoms with Crippen molar-refractivity contribution >= 4 is 0 Å². The summed E-state index contributed by atoms with van der Waals surface area (Å²) in [6, 6.07) is 11.0. The Labute approximate surface area is 109 Å². The van der Waals surface area contributed by atoms with Gasteiger partial charge in [0.15, 0.2) is 0 Å². The van der Waals surface area contributed by atoms with Crippen LogP contribution in [0.1, 0.15) is 18.4 Å². The molecule has 0 unspecified atom stereocenters. The average molecular weight is 249 g/mol. The lowest BCUT2D eigenvalue weighted by atomic mass is 9.99. The minimum Gasteiger partial charge on any atom is -0.383 e. The normalized spacial score (nSPS) is 21.1. The van der Waals surface area contributed by atoms with Gasteiger partial charge in [0.1, 0.15) is 0 Å². The van der Waals surface area contributed by atoms with Gasteiger partial charge in [0.25, 0.3) is 0 Å². The zero-order valence-electron chi connectivity index (χ0n) is 11.1. The van der Waals surface area contributed by atoms with Crippen molar-refractivity contribution in [2.24, 2.45) is 0 Å². The Kier molecular flexibility index (Phi) is 5.65. The van der Waals surface area contributed by atoms with Crippen LogP contribution in [0.5, 0.6) is 0 Å². The summed E-state index contributed by atoms with van der Waals surface area (Å²) in [4.78, 5) is 0. The molecule has 3 heteroatoms. The van der Waals surface area contributed by atoms with Gasteiger partial charge in [0.2, 0.25) is 0 Å². The first-order valence-corrected chi connectivity index (χ1v) is 6.78. The van der Waals surface area contributed by atoms with Gasteiger partial charge in [-0.25, -0.2) is 0 Å². The molecule has 1 fully saturated rings. The van der Waals surface area contributed by atoms with Crippen molar-refractivity contribution in [2.45, 2.75) is 31.4 Å². The number of benzene rings is 1. The van der Waals surface area contributed by atoms with E-state index in [2.05, 4.69) is 35.6 Å². The average Bonchev–Trinajstić information content (AvgIpc) is 2.93. The molecule has 0 aromatic heterocycles. The van der Waals surface area contributed by atoms with Crippen molar-refractivity contribution in [2.75, 3.05) is 26.9 Å². The van der Waals surface area contributed by atoms with Crippen LogP contribution in [-0.4, -0.2) is 39.0 Å². The molecule has 0 aliphatic carbocycles. The van der Waals surface area contributed by atoms with Crippen LogP contribution in [0, 0.1) is 0 Å². The first-order valence-electron chi connectivity index (χ1n) is 6.78. The van der Waals surface area contributed by atoms with Crippen molar-refractivity contribution in [3.05, 3.63) is 35.9 Å². The van der Waals surface area contributed by atoms with Gasteiger partial charge >= 0.3 is 0 Å². The Morgan fingerprint density at radius 2 is 2.22 bits per heavy atom. The molecule has 1 aromatic rings. The van der Waals surface area contributed by atoms with E-state index in [9.17, 15) is 0 Å². The van der Waals surface area contributed by atoms with Crippen LogP contribution in [0.3, 0.4) is 0 Å². The molecule has 1 N–H and O–H groups in total. The van der Waals surface area contributed by atoms with Gasteiger partial charge in [-0.1, -0.05) is 30.3 Å². The van der Waals surface area contributed by atoms with Gasteiger partial charge in [-0.15, -0.1) is 0 Å². The van der Waals surface area contributed by atoms with E-state index in [1.165, 1.54) is 12.0 Å². The molecule has 1 aromatic carbocycles. The topological polar surface area (TPSA) is 30.5 Å². The maximum Gasteiger partial charge on any atom is 0.0732 e. The number of methoxy groups -OCH3 is 1. The summed E-state index contributed by atoms with van der Waals surface area (Å²) in [6.07, 6.45) is 3.72. The molecule has 1 heterocycles. The quantitative estimate of drug-likeness (QED) is 0.750. The lowest BCUT2D eigenvalue weighted by Gasteiger charge is -2.24. The Hall–Kier alpha value is -0.900. The van der Waals surface area contributed by atoms with Crippen LogP contribution < -0.4 is 5.32 Å². The highest BCUT2D eigenvalue weighted by Gasteiger charge is 2.25. The van der Waals surface area contributed by atoms with Crippen molar-refractivity contribution in [1.82, 2.24) is 5.32 Å². The van der Waals surface area contributed by atoms with E-state index in [4.69, 9.17) is 9.47 Å². The number of nitrogens with one attached hydrogen (secondary N) is 1. The van der Waals surface area contributed by atoms with Gasteiger partial charge < -0.3 is 14.8 Å². The third kappa shape index (κ3) is 4.09. The highest BCUT2D eigenvalue weighted by molar-refractivity contribution is 5.16. The predicted molar refractivity (Wildman–Crippen MR) is 72.8 cm³/mol. The molecule has 1 aliphatic heterocycles.